The van der Waals surface area contributed by atoms with Crippen LogP contribution >= 0.6 is 0 Å². The van der Waals surface area contributed by atoms with Crippen LogP contribution in [-0.2, 0) is 0 Å². The van der Waals surface area contributed by atoms with Crippen molar-refractivity contribution in [3.05, 3.63) is 200 Å². The molecule has 1 heterocycles. The standard InChI is InChI=1S/C48H33NO/c1-3-14-34(15-4-1)40-18-7-9-20-42(40)36-26-30-38(31-27-36)49(46-24-13-23-45-44-22-11-12-25-47(44)50-48(45)46)39-32-28-37(29-33-39)43-21-10-8-19-41(43)35-16-5-2-6-17-35/h1-33H/i1D,2D,3D,4D,5D,6D,14D,15D,16D,17D. The van der Waals surface area contributed by atoms with Gasteiger partial charge < -0.3 is 9.32 Å². The summed E-state index contributed by atoms with van der Waals surface area (Å²) in [6.45, 7) is 0. The average Bonchev–Trinajstić information content (AvgIpc) is 3.67. The lowest BCUT2D eigenvalue weighted by atomic mass is 9.94. The van der Waals surface area contributed by atoms with E-state index in [1.807, 2.05) is 115 Å². The second kappa shape index (κ2) is 12.8. The van der Waals surface area contributed by atoms with Crippen molar-refractivity contribution >= 4 is 39.0 Å². The lowest BCUT2D eigenvalue weighted by molar-refractivity contribution is 0.669. The second-order valence-corrected chi connectivity index (χ2v) is 11.8. The van der Waals surface area contributed by atoms with Crippen LogP contribution in [0.3, 0.4) is 0 Å². The Morgan fingerprint density at radius 1 is 0.380 bits per heavy atom. The largest absolute Gasteiger partial charge is 0.454 e. The van der Waals surface area contributed by atoms with Gasteiger partial charge in [0.25, 0.3) is 0 Å². The van der Waals surface area contributed by atoms with Crippen molar-refractivity contribution in [1.29, 1.82) is 0 Å². The van der Waals surface area contributed by atoms with E-state index in [-0.39, 0.29) is 35.3 Å². The number of hydrogen-bond acceptors (Lipinski definition) is 2. The molecule has 9 aromatic rings. The van der Waals surface area contributed by atoms with Crippen LogP contribution in [-0.4, -0.2) is 0 Å². The van der Waals surface area contributed by atoms with E-state index in [1.165, 1.54) is 0 Å². The van der Waals surface area contributed by atoms with Crippen LogP contribution in [0.1, 0.15) is 13.7 Å². The van der Waals surface area contributed by atoms with E-state index in [0.717, 1.165) is 44.5 Å². The summed E-state index contributed by atoms with van der Waals surface area (Å²) >= 11 is 0. The van der Waals surface area contributed by atoms with Crippen LogP contribution in [0, 0.1) is 0 Å². The first-order chi connectivity index (χ1) is 29.0. The van der Waals surface area contributed by atoms with Crippen molar-refractivity contribution in [2.75, 3.05) is 4.90 Å². The topological polar surface area (TPSA) is 16.4 Å². The number of anilines is 3. The maximum atomic E-state index is 8.66. The highest BCUT2D eigenvalue weighted by atomic mass is 16.3. The van der Waals surface area contributed by atoms with Gasteiger partial charge in [-0.25, -0.2) is 0 Å². The highest BCUT2D eigenvalue weighted by Crippen LogP contribution is 2.43. The van der Waals surface area contributed by atoms with Crippen molar-refractivity contribution < 1.29 is 18.1 Å². The SMILES string of the molecule is [2H]c1c([2H])c([2H])c(-c2ccccc2-c2ccc(N(c3ccc(-c4ccccc4-c4c([2H])c([2H])c([2H])c([2H])c4[2H])cc3)c3cccc4c3oc3ccccc34)cc2)c([2H])c1[2H]. The molecule has 236 valence electrons. The Hall–Kier alpha value is -6.64. The third-order valence-electron chi connectivity index (χ3n) is 8.89. The number of para-hydroxylation sites is 2. The van der Waals surface area contributed by atoms with Gasteiger partial charge in [0.15, 0.2) is 5.58 Å². The van der Waals surface area contributed by atoms with Crippen LogP contribution in [0.25, 0.3) is 66.4 Å². The average molecular weight is 650 g/mol. The zero-order valence-electron chi connectivity index (χ0n) is 36.6. The molecule has 0 saturated heterocycles. The maximum absolute atomic E-state index is 8.66. The molecule has 0 aliphatic heterocycles. The number of furan rings is 1. The smallest absolute Gasteiger partial charge is 0.159 e. The van der Waals surface area contributed by atoms with Crippen molar-refractivity contribution in [2.24, 2.45) is 0 Å². The molecule has 2 heteroatoms. The molecular formula is C48H33NO. The summed E-state index contributed by atoms with van der Waals surface area (Å²) in [5.74, 6) is 0. The molecule has 0 unspecified atom stereocenters. The fourth-order valence-corrected chi connectivity index (χ4v) is 6.59. The molecule has 0 aliphatic rings. The quantitative estimate of drug-likeness (QED) is 0.171. The minimum atomic E-state index is -0.443. The lowest BCUT2D eigenvalue weighted by Crippen LogP contribution is -2.10. The van der Waals surface area contributed by atoms with Gasteiger partial charge in [-0.3, -0.25) is 0 Å². The normalized spacial score (nSPS) is 14.0. The van der Waals surface area contributed by atoms with Crippen LogP contribution in [0.15, 0.2) is 204 Å². The van der Waals surface area contributed by atoms with E-state index in [9.17, 15) is 0 Å². The molecule has 8 aromatic carbocycles. The summed E-state index contributed by atoms with van der Waals surface area (Å²) in [6.07, 6.45) is 0. The zero-order valence-corrected chi connectivity index (χ0v) is 26.6. The van der Waals surface area contributed by atoms with E-state index >= 15 is 0 Å². The summed E-state index contributed by atoms with van der Waals surface area (Å²) in [4.78, 5) is 2.08. The Morgan fingerprint density at radius 2 is 0.820 bits per heavy atom. The van der Waals surface area contributed by atoms with Crippen LogP contribution < -0.4 is 4.90 Å². The van der Waals surface area contributed by atoms with Gasteiger partial charge in [0, 0.05) is 22.1 Å². The molecule has 2 nitrogen and oxygen atoms in total. The summed E-state index contributed by atoms with van der Waals surface area (Å²) in [5.41, 5.74) is 8.07. The fraction of sp³-hybridized carbons (Fsp3) is 0. The van der Waals surface area contributed by atoms with Crippen LogP contribution in [0.2, 0.25) is 0 Å². The number of nitrogens with zero attached hydrogens (tertiary/aromatic N) is 1. The van der Waals surface area contributed by atoms with Gasteiger partial charge in [0.2, 0.25) is 0 Å². The summed E-state index contributed by atoms with van der Waals surface area (Å²) < 4.78 is 90.5. The van der Waals surface area contributed by atoms with E-state index in [1.54, 1.807) is 24.3 Å². The Kier molecular flexibility index (Phi) is 5.27. The fourth-order valence-electron chi connectivity index (χ4n) is 6.59. The Bertz CT molecular complexity index is 2950. The summed E-state index contributed by atoms with van der Waals surface area (Å²) in [5, 5.41) is 1.93. The number of hydrogen-bond donors (Lipinski definition) is 0. The third kappa shape index (κ3) is 5.34. The predicted octanol–water partition coefficient (Wildman–Crippen LogP) is 13.7. The van der Waals surface area contributed by atoms with Crippen LogP contribution in [0.4, 0.5) is 17.1 Å². The minimum absolute atomic E-state index is 0.132. The predicted molar refractivity (Wildman–Crippen MR) is 210 cm³/mol. The second-order valence-electron chi connectivity index (χ2n) is 11.8. The van der Waals surface area contributed by atoms with Crippen molar-refractivity contribution in [3.63, 3.8) is 0 Å². The zero-order chi connectivity index (χ0) is 42.0. The lowest BCUT2D eigenvalue weighted by Gasteiger charge is -2.26. The maximum Gasteiger partial charge on any atom is 0.159 e. The molecule has 0 amide bonds. The molecule has 0 aliphatic carbocycles. The van der Waals surface area contributed by atoms with E-state index in [2.05, 4.69) is 4.90 Å². The first kappa shape index (κ1) is 20.7. The van der Waals surface area contributed by atoms with Gasteiger partial charge in [-0.1, -0.05) is 164 Å². The van der Waals surface area contributed by atoms with Gasteiger partial charge in [0.05, 0.1) is 19.4 Å². The highest BCUT2D eigenvalue weighted by Gasteiger charge is 2.20. The van der Waals surface area contributed by atoms with E-state index in [0.29, 0.717) is 27.8 Å². The number of rotatable bonds is 7. The Balaban J connectivity index is 1.18. The van der Waals surface area contributed by atoms with Crippen molar-refractivity contribution in [1.82, 2.24) is 0 Å². The molecule has 0 saturated carbocycles. The summed E-state index contributed by atoms with van der Waals surface area (Å²) in [6, 6.07) is 40.6. The first-order valence-corrected chi connectivity index (χ1v) is 16.2. The van der Waals surface area contributed by atoms with Gasteiger partial charge in [-0.2, -0.15) is 0 Å². The molecule has 0 N–H and O–H groups in total. The molecule has 0 bridgehead atoms. The number of fused-ring (bicyclic) bond motifs is 3. The highest BCUT2D eigenvalue weighted by molar-refractivity contribution is 6.10. The van der Waals surface area contributed by atoms with Crippen LogP contribution in [0.5, 0.6) is 0 Å². The van der Waals surface area contributed by atoms with Crippen molar-refractivity contribution in [2.45, 2.75) is 0 Å². The Morgan fingerprint density at radius 3 is 1.34 bits per heavy atom. The molecule has 0 fully saturated rings. The molecule has 0 spiro atoms. The molecular weight excluding hydrogens is 607 g/mol. The molecule has 1 aromatic heterocycles. The van der Waals surface area contributed by atoms with Crippen molar-refractivity contribution in [3.8, 4) is 44.5 Å². The van der Waals surface area contributed by atoms with Gasteiger partial charge in [-0.15, -0.1) is 0 Å². The Labute approximate surface area is 306 Å². The van der Waals surface area contributed by atoms with Gasteiger partial charge in [-0.05, 0) is 80.9 Å². The first-order valence-electron chi connectivity index (χ1n) is 21.2. The van der Waals surface area contributed by atoms with Gasteiger partial charge >= 0.3 is 0 Å². The van der Waals surface area contributed by atoms with E-state index < -0.39 is 36.3 Å². The third-order valence-corrected chi connectivity index (χ3v) is 8.89. The molecule has 0 radical (unpaired) electrons. The molecule has 0 atom stereocenters. The summed E-state index contributed by atoms with van der Waals surface area (Å²) in [7, 11) is 0. The molecule has 50 heavy (non-hydrogen) atoms. The number of benzene rings is 8. The monoisotopic (exact) mass is 649 g/mol. The molecule has 9 rings (SSSR count). The van der Waals surface area contributed by atoms with E-state index in [4.69, 9.17) is 18.1 Å². The van der Waals surface area contributed by atoms with Gasteiger partial charge in [0.1, 0.15) is 5.58 Å². The minimum Gasteiger partial charge on any atom is -0.454 e.